The van der Waals surface area contributed by atoms with E-state index in [1.165, 1.54) is 6.42 Å². The van der Waals surface area contributed by atoms with Gasteiger partial charge in [-0.15, -0.1) is 0 Å². The Kier molecular flexibility index (Phi) is 5.37. The lowest BCUT2D eigenvalue weighted by Gasteiger charge is -2.38. The zero-order chi connectivity index (χ0) is 14.5. The number of hydrogen-bond donors (Lipinski definition) is 2. The standard InChI is InChI=1S/C14H24N2O4/c17-9-8-16(12-2-1-3-12)10-13(18)15-6-4-11(5-7-15)14(19)20/h11-12,17H,1-10H2,(H,19,20). The third kappa shape index (κ3) is 3.70. The first-order valence-electron chi connectivity index (χ1n) is 7.47. The van der Waals surface area contributed by atoms with Gasteiger partial charge in [0, 0.05) is 25.7 Å². The van der Waals surface area contributed by atoms with E-state index in [4.69, 9.17) is 10.2 Å². The van der Waals surface area contributed by atoms with Gasteiger partial charge < -0.3 is 15.1 Å². The Morgan fingerprint density at radius 1 is 1.15 bits per heavy atom. The van der Waals surface area contributed by atoms with Crippen molar-refractivity contribution < 1.29 is 19.8 Å². The van der Waals surface area contributed by atoms with Gasteiger partial charge in [0.2, 0.25) is 5.91 Å². The van der Waals surface area contributed by atoms with Crippen LogP contribution in [0.5, 0.6) is 0 Å². The van der Waals surface area contributed by atoms with Crippen LogP contribution in [0.15, 0.2) is 0 Å². The lowest BCUT2D eigenvalue weighted by molar-refractivity contribution is -0.146. The molecule has 6 nitrogen and oxygen atoms in total. The number of hydrogen-bond acceptors (Lipinski definition) is 4. The van der Waals surface area contributed by atoms with E-state index in [9.17, 15) is 9.59 Å². The highest BCUT2D eigenvalue weighted by atomic mass is 16.4. The molecular weight excluding hydrogens is 260 g/mol. The van der Waals surface area contributed by atoms with Gasteiger partial charge in [-0.3, -0.25) is 14.5 Å². The number of aliphatic carboxylic acids is 1. The number of carbonyl (C=O) groups is 2. The molecule has 1 aliphatic carbocycles. The summed E-state index contributed by atoms with van der Waals surface area (Å²) in [6.07, 6.45) is 4.50. The number of amides is 1. The van der Waals surface area contributed by atoms with E-state index in [1.54, 1.807) is 4.90 Å². The fourth-order valence-corrected chi connectivity index (χ4v) is 2.92. The summed E-state index contributed by atoms with van der Waals surface area (Å²) in [4.78, 5) is 27.0. The largest absolute Gasteiger partial charge is 0.481 e. The summed E-state index contributed by atoms with van der Waals surface area (Å²) in [7, 11) is 0. The SMILES string of the molecule is O=C(O)C1CCN(C(=O)CN(CCO)C2CCC2)CC1. The number of aliphatic hydroxyl groups excluding tert-OH is 1. The van der Waals surface area contributed by atoms with Crippen molar-refractivity contribution in [2.75, 3.05) is 32.8 Å². The maximum atomic E-state index is 12.3. The Morgan fingerprint density at radius 3 is 2.25 bits per heavy atom. The minimum atomic E-state index is -0.756. The molecule has 0 aromatic carbocycles. The van der Waals surface area contributed by atoms with Crippen molar-refractivity contribution in [3.8, 4) is 0 Å². The molecule has 1 saturated carbocycles. The number of nitrogens with zero attached hydrogens (tertiary/aromatic N) is 2. The van der Waals surface area contributed by atoms with Gasteiger partial charge in [-0.05, 0) is 25.7 Å². The molecule has 0 radical (unpaired) electrons. The van der Waals surface area contributed by atoms with Gasteiger partial charge in [-0.25, -0.2) is 0 Å². The molecule has 0 aromatic rings. The smallest absolute Gasteiger partial charge is 0.306 e. The second kappa shape index (κ2) is 7.04. The zero-order valence-corrected chi connectivity index (χ0v) is 11.8. The van der Waals surface area contributed by atoms with Crippen molar-refractivity contribution in [3.05, 3.63) is 0 Å². The molecule has 1 amide bonds. The summed E-state index contributed by atoms with van der Waals surface area (Å²) >= 11 is 0. The van der Waals surface area contributed by atoms with Crippen LogP contribution in [0.1, 0.15) is 32.1 Å². The van der Waals surface area contributed by atoms with Gasteiger partial charge in [-0.2, -0.15) is 0 Å². The molecule has 2 aliphatic rings. The molecular formula is C14H24N2O4. The van der Waals surface area contributed by atoms with E-state index in [-0.39, 0.29) is 18.4 Å². The summed E-state index contributed by atoms with van der Waals surface area (Å²) in [6, 6.07) is 0.433. The quantitative estimate of drug-likeness (QED) is 0.726. The molecule has 1 heterocycles. The topological polar surface area (TPSA) is 81.1 Å². The molecule has 1 saturated heterocycles. The van der Waals surface area contributed by atoms with E-state index in [0.717, 1.165) is 12.8 Å². The number of carboxylic acid groups (broad SMARTS) is 1. The molecule has 2 N–H and O–H groups in total. The Morgan fingerprint density at radius 2 is 1.80 bits per heavy atom. The van der Waals surface area contributed by atoms with Gasteiger partial charge in [0.05, 0.1) is 19.1 Å². The lowest BCUT2D eigenvalue weighted by atomic mass is 9.91. The molecule has 114 valence electrons. The molecule has 0 aromatic heterocycles. The number of aliphatic hydroxyl groups is 1. The van der Waals surface area contributed by atoms with Crippen LogP contribution in [0.4, 0.5) is 0 Å². The van der Waals surface area contributed by atoms with Crippen molar-refractivity contribution >= 4 is 11.9 Å². The minimum absolute atomic E-state index is 0.0641. The van der Waals surface area contributed by atoms with Crippen LogP contribution in [0.3, 0.4) is 0 Å². The van der Waals surface area contributed by atoms with Crippen molar-refractivity contribution in [2.45, 2.75) is 38.1 Å². The van der Waals surface area contributed by atoms with Crippen molar-refractivity contribution in [3.63, 3.8) is 0 Å². The van der Waals surface area contributed by atoms with E-state index < -0.39 is 5.97 Å². The average molecular weight is 284 g/mol. The highest BCUT2D eigenvalue weighted by molar-refractivity contribution is 5.79. The first-order chi connectivity index (χ1) is 9.61. The van der Waals surface area contributed by atoms with Crippen molar-refractivity contribution in [1.82, 2.24) is 9.80 Å². The van der Waals surface area contributed by atoms with Gasteiger partial charge in [0.25, 0.3) is 0 Å². The first kappa shape index (κ1) is 15.3. The molecule has 20 heavy (non-hydrogen) atoms. The van der Waals surface area contributed by atoms with Crippen LogP contribution in [-0.2, 0) is 9.59 Å². The molecule has 0 unspecified atom stereocenters. The average Bonchev–Trinajstić information content (AvgIpc) is 2.37. The van der Waals surface area contributed by atoms with Crippen LogP contribution in [0, 0.1) is 5.92 Å². The highest BCUT2D eigenvalue weighted by Crippen LogP contribution is 2.25. The van der Waals surface area contributed by atoms with Gasteiger partial charge in [0.15, 0.2) is 0 Å². The van der Waals surface area contributed by atoms with Crippen LogP contribution >= 0.6 is 0 Å². The van der Waals surface area contributed by atoms with Crippen LogP contribution in [0.2, 0.25) is 0 Å². The molecule has 0 atom stereocenters. The monoisotopic (exact) mass is 284 g/mol. The highest BCUT2D eigenvalue weighted by Gasteiger charge is 2.30. The second-order valence-corrected chi connectivity index (χ2v) is 5.77. The van der Waals surface area contributed by atoms with E-state index in [0.29, 0.717) is 45.1 Å². The molecule has 2 rings (SSSR count). The zero-order valence-electron chi connectivity index (χ0n) is 11.8. The molecule has 6 heteroatoms. The lowest BCUT2D eigenvalue weighted by Crippen LogP contribution is -2.49. The maximum Gasteiger partial charge on any atom is 0.306 e. The Bertz CT molecular complexity index is 349. The Hall–Kier alpha value is -1.14. The van der Waals surface area contributed by atoms with Crippen LogP contribution < -0.4 is 0 Å². The van der Waals surface area contributed by atoms with Crippen LogP contribution in [-0.4, -0.2) is 70.7 Å². The fourth-order valence-electron chi connectivity index (χ4n) is 2.92. The number of rotatable bonds is 6. The third-order valence-corrected chi connectivity index (χ3v) is 4.51. The maximum absolute atomic E-state index is 12.3. The fraction of sp³-hybridized carbons (Fsp3) is 0.857. The van der Waals surface area contributed by atoms with Gasteiger partial charge in [0.1, 0.15) is 0 Å². The van der Waals surface area contributed by atoms with Crippen molar-refractivity contribution in [2.24, 2.45) is 5.92 Å². The van der Waals surface area contributed by atoms with E-state index in [1.807, 2.05) is 0 Å². The number of carboxylic acids is 1. The summed E-state index contributed by atoms with van der Waals surface area (Å²) < 4.78 is 0. The second-order valence-electron chi connectivity index (χ2n) is 5.77. The summed E-state index contributed by atoms with van der Waals surface area (Å²) in [5.74, 6) is -0.998. The summed E-state index contributed by atoms with van der Waals surface area (Å²) in [5, 5.41) is 18.0. The van der Waals surface area contributed by atoms with E-state index in [2.05, 4.69) is 4.90 Å². The van der Waals surface area contributed by atoms with E-state index >= 15 is 0 Å². The molecule has 0 bridgehead atoms. The predicted octanol–water partition coefficient (Wildman–Crippen LogP) is 0.156. The van der Waals surface area contributed by atoms with Crippen molar-refractivity contribution in [1.29, 1.82) is 0 Å². The molecule has 2 fully saturated rings. The number of piperidine rings is 1. The number of likely N-dealkylation sites (tertiary alicyclic amines) is 1. The third-order valence-electron chi connectivity index (χ3n) is 4.51. The Balaban J connectivity index is 1.80. The normalized spacial score (nSPS) is 21.0. The Labute approximate surface area is 119 Å². The predicted molar refractivity (Wildman–Crippen MR) is 73.2 cm³/mol. The van der Waals surface area contributed by atoms with Gasteiger partial charge in [-0.1, -0.05) is 6.42 Å². The number of carbonyl (C=O) groups excluding carboxylic acids is 1. The van der Waals surface area contributed by atoms with Crippen LogP contribution in [0.25, 0.3) is 0 Å². The molecule has 0 spiro atoms. The minimum Gasteiger partial charge on any atom is -0.481 e. The molecule has 1 aliphatic heterocycles. The van der Waals surface area contributed by atoms with Gasteiger partial charge >= 0.3 is 5.97 Å². The summed E-state index contributed by atoms with van der Waals surface area (Å²) in [5.41, 5.74) is 0. The first-order valence-corrected chi connectivity index (χ1v) is 7.47. The summed E-state index contributed by atoms with van der Waals surface area (Å²) in [6.45, 7) is 2.04.